The van der Waals surface area contributed by atoms with Crippen molar-refractivity contribution < 1.29 is 18.3 Å². The predicted octanol–water partition coefficient (Wildman–Crippen LogP) is 1.84. The maximum Gasteiger partial charge on any atom is 0.395 e. The first kappa shape index (κ1) is 15.5. The zero-order valence-electron chi connectivity index (χ0n) is 11.3. The van der Waals surface area contributed by atoms with Crippen LogP contribution in [0.3, 0.4) is 0 Å². The van der Waals surface area contributed by atoms with E-state index in [0.29, 0.717) is 12.1 Å². The lowest BCUT2D eigenvalue weighted by Crippen LogP contribution is -2.45. The Labute approximate surface area is 116 Å². The Bertz CT molecular complexity index is 386. The van der Waals surface area contributed by atoms with E-state index >= 15 is 0 Å². The van der Waals surface area contributed by atoms with Crippen LogP contribution in [0.5, 0.6) is 0 Å². The maximum atomic E-state index is 12.5. The maximum absolute atomic E-state index is 12.5. The summed E-state index contributed by atoms with van der Waals surface area (Å²) in [6.07, 6.45) is 0.951. The van der Waals surface area contributed by atoms with Crippen molar-refractivity contribution in [2.24, 2.45) is 11.7 Å². The fourth-order valence-electron chi connectivity index (χ4n) is 2.71. The van der Waals surface area contributed by atoms with Crippen LogP contribution >= 0.6 is 0 Å². The van der Waals surface area contributed by atoms with Crippen LogP contribution in [-0.4, -0.2) is 48.0 Å². The van der Waals surface area contributed by atoms with Gasteiger partial charge in [0.1, 0.15) is 0 Å². The molecule has 1 aliphatic carbocycles. The van der Waals surface area contributed by atoms with Gasteiger partial charge in [-0.2, -0.15) is 13.2 Å². The van der Waals surface area contributed by atoms with Crippen molar-refractivity contribution >= 4 is 0 Å². The highest BCUT2D eigenvalue weighted by atomic mass is 19.4. The highest BCUT2D eigenvalue weighted by Gasteiger charge is 2.38. The Morgan fingerprint density at radius 1 is 1.35 bits per heavy atom. The van der Waals surface area contributed by atoms with E-state index < -0.39 is 24.2 Å². The minimum atomic E-state index is -4.22. The van der Waals surface area contributed by atoms with E-state index in [-0.39, 0.29) is 6.42 Å². The molecular formula is C14H21F3N2O. The molecule has 0 bridgehead atoms. The number of nitrogens with two attached hydrogens (primary N) is 1. The summed E-state index contributed by atoms with van der Waals surface area (Å²) >= 11 is 0. The fourth-order valence-corrected chi connectivity index (χ4v) is 2.71. The molecule has 3 nitrogen and oxygen atoms in total. The van der Waals surface area contributed by atoms with Crippen LogP contribution in [0.2, 0.25) is 0 Å². The van der Waals surface area contributed by atoms with Crippen LogP contribution in [0.25, 0.3) is 0 Å². The number of alkyl halides is 3. The largest absolute Gasteiger partial charge is 0.395 e. The van der Waals surface area contributed by atoms with E-state index in [9.17, 15) is 18.3 Å². The molecule has 1 aliphatic heterocycles. The number of aliphatic hydroxyl groups is 1. The second-order valence-electron chi connectivity index (χ2n) is 5.56. The summed E-state index contributed by atoms with van der Waals surface area (Å²) in [7, 11) is 0. The average Bonchev–Trinajstić information content (AvgIpc) is 2.90. The number of nitrogens with zero attached hydrogens (tertiary/aromatic N) is 1. The third-order valence-corrected chi connectivity index (χ3v) is 3.96. The molecule has 0 aromatic heterocycles. The Morgan fingerprint density at radius 3 is 2.50 bits per heavy atom. The van der Waals surface area contributed by atoms with Crippen LogP contribution in [0.15, 0.2) is 23.8 Å². The number of hydrogen-bond acceptors (Lipinski definition) is 3. The third-order valence-electron chi connectivity index (χ3n) is 3.96. The van der Waals surface area contributed by atoms with Gasteiger partial charge >= 0.3 is 6.18 Å². The molecule has 0 saturated carbocycles. The molecule has 1 fully saturated rings. The van der Waals surface area contributed by atoms with E-state index in [0.717, 1.165) is 32.0 Å². The smallest absolute Gasteiger partial charge is 0.387 e. The van der Waals surface area contributed by atoms with Gasteiger partial charge in [-0.1, -0.05) is 18.2 Å². The summed E-state index contributed by atoms with van der Waals surface area (Å²) in [5.74, 6) is -1.45. The highest BCUT2D eigenvalue weighted by molar-refractivity contribution is 5.29. The molecule has 3 atom stereocenters. The fraction of sp³-hybridized carbons (Fsp3) is 0.714. The molecule has 3 N–H and O–H groups in total. The molecule has 0 amide bonds. The van der Waals surface area contributed by atoms with Crippen LogP contribution in [-0.2, 0) is 0 Å². The van der Waals surface area contributed by atoms with Crippen LogP contribution in [0.1, 0.15) is 19.3 Å². The van der Waals surface area contributed by atoms with Gasteiger partial charge in [0.25, 0.3) is 0 Å². The molecule has 20 heavy (non-hydrogen) atoms. The number of rotatable bonds is 4. The summed E-state index contributed by atoms with van der Waals surface area (Å²) in [4.78, 5) is 2.18. The molecule has 0 radical (unpaired) electrons. The molecule has 2 aliphatic rings. The monoisotopic (exact) mass is 290 g/mol. The summed E-state index contributed by atoms with van der Waals surface area (Å²) < 4.78 is 37.6. The molecule has 2 rings (SSSR count). The van der Waals surface area contributed by atoms with Gasteiger partial charge in [0, 0.05) is 12.6 Å². The molecule has 0 spiro atoms. The Balaban J connectivity index is 1.88. The lowest BCUT2D eigenvalue weighted by molar-refractivity contribution is -0.160. The zero-order chi connectivity index (χ0) is 14.8. The van der Waals surface area contributed by atoms with Crippen LogP contribution in [0, 0.1) is 5.92 Å². The van der Waals surface area contributed by atoms with Gasteiger partial charge < -0.3 is 15.7 Å². The van der Waals surface area contributed by atoms with Crippen LogP contribution < -0.4 is 5.73 Å². The molecule has 0 aromatic carbocycles. The minimum Gasteiger partial charge on any atom is -0.387 e. The molecule has 6 heteroatoms. The third kappa shape index (κ3) is 3.84. The van der Waals surface area contributed by atoms with Gasteiger partial charge in [-0.25, -0.2) is 0 Å². The van der Waals surface area contributed by atoms with Crippen molar-refractivity contribution in [2.45, 2.75) is 37.6 Å². The topological polar surface area (TPSA) is 49.5 Å². The Hall–Kier alpha value is -0.850. The molecular weight excluding hydrogens is 269 g/mol. The highest BCUT2D eigenvalue weighted by Crippen LogP contribution is 2.33. The zero-order valence-corrected chi connectivity index (χ0v) is 11.3. The van der Waals surface area contributed by atoms with E-state index in [2.05, 4.69) is 4.90 Å². The molecule has 1 heterocycles. The van der Waals surface area contributed by atoms with Gasteiger partial charge in [0.2, 0.25) is 0 Å². The summed E-state index contributed by atoms with van der Waals surface area (Å²) in [6.45, 7) is 2.53. The lowest BCUT2D eigenvalue weighted by Gasteiger charge is -2.27. The van der Waals surface area contributed by atoms with E-state index in [4.69, 9.17) is 5.73 Å². The first-order valence-electron chi connectivity index (χ1n) is 6.99. The molecule has 0 aromatic rings. The van der Waals surface area contributed by atoms with E-state index in [1.165, 1.54) is 12.2 Å². The van der Waals surface area contributed by atoms with Crippen molar-refractivity contribution in [2.75, 3.05) is 19.6 Å². The summed E-state index contributed by atoms with van der Waals surface area (Å²) in [6, 6.07) is -0.466. The first-order chi connectivity index (χ1) is 9.38. The van der Waals surface area contributed by atoms with Gasteiger partial charge in [-0.05, 0) is 37.9 Å². The summed E-state index contributed by atoms with van der Waals surface area (Å²) in [5.41, 5.74) is 6.46. The van der Waals surface area contributed by atoms with Crippen molar-refractivity contribution in [1.82, 2.24) is 4.90 Å². The quantitative estimate of drug-likeness (QED) is 0.830. The molecule has 1 saturated heterocycles. The predicted molar refractivity (Wildman–Crippen MR) is 71.0 cm³/mol. The van der Waals surface area contributed by atoms with Crippen molar-refractivity contribution in [3.8, 4) is 0 Å². The van der Waals surface area contributed by atoms with Gasteiger partial charge in [0.05, 0.1) is 12.0 Å². The number of hydrogen-bond donors (Lipinski definition) is 2. The Morgan fingerprint density at radius 2 is 2.00 bits per heavy atom. The van der Waals surface area contributed by atoms with Crippen molar-refractivity contribution in [1.29, 1.82) is 0 Å². The standard InChI is InChI=1S/C14H21F3N2O/c15-14(16,17)11-5-3-10(4-6-11)13(20)12(18)9-19-7-1-2-8-19/h3-5,11-13,20H,1-2,6-9,18H2/t11?,12-,13-/m1/s1. The normalized spacial score (nSPS) is 27.4. The first-order valence-corrected chi connectivity index (χ1v) is 6.99. The second-order valence-corrected chi connectivity index (χ2v) is 5.56. The second kappa shape index (κ2) is 6.28. The van der Waals surface area contributed by atoms with Gasteiger partial charge in [0.15, 0.2) is 0 Å². The van der Waals surface area contributed by atoms with E-state index in [1.807, 2.05) is 0 Å². The Kier molecular flexibility index (Phi) is 4.88. The minimum absolute atomic E-state index is 0.122. The molecule has 1 unspecified atom stereocenters. The number of likely N-dealkylation sites (tertiary alicyclic amines) is 1. The van der Waals surface area contributed by atoms with Crippen molar-refractivity contribution in [3.63, 3.8) is 0 Å². The van der Waals surface area contributed by atoms with Crippen LogP contribution in [0.4, 0.5) is 13.2 Å². The van der Waals surface area contributed by atoms with Crippen molar-refractivity contribution in [3.05, 3.63) is 23.8 Å². The summed E-state index contributed by atoms with van der Waals surface area (Å²) in [5, 5.41) is 10.1. The number of allylic oxidation sites excluding steroid dienone is 2. The lowest BCUT2D eigenvalue weighted by atomic mass is 9.91. The SMILES string of the molecule is N[C@H](CN1CCCC1)[C@H](O)C1=CCC(C(F)(F)F)C=C1. The van der Waals surface area contributed by atoms with Gasteiger partial charge in [-0.15, -0.1) is 0 Å². The molecule has 114 valence electrons. The number of aliphatic hydroxyl groups excluding tert-OH is 1. The number of halogens is 3. The van der Waals surface area contributed by atoms with E-state index in [1.54, 1.807) is 0 Å². The average molecular weight is 290 g/mol. The van der Waals surface area contributed by atoms with Gasteiger partial charge in [-0.3, -0.25) is 0 Å².